The second-order valence-corrected chi connectivity index (χ2v) is 5.21. The maximum Gasteiger partial charge on any atom is 0.145 e. The third kappa shape index (κ3) is 3.07. The van der Waals surface area contributed by atoms with Crippen LogP contribution in [-0.4, -0.2) is 33.0 Å². The topological polar surface area (TPSA) is 54.9 Å². The Labute approximate surface area is 92.0 Å². The fraction of sp³-hybridized carbons (Fsp3) is 0.600. The minimum absolute atomic E-state index is 0.515. The summed E-state index contributed by atoms with van der Waals surface area (Å²) in [6.45, 7) is 2.07. The van der Waals surface area contributed by atoms with E-state index >= 15 is 0 Å². The van der Waals surface area contributed by atoms with Crippen molar-refractivity contribution in [2.45, 2.75) is 17.9 Å². The number of hydrogen-bond acceptors (Lipinski definition) is 4. The molecule has 0 amide bonds. The van der Waals surface area contributed by atoms with E-state index in [0.29, 0.717) is 16.7 Å². The fourth-order valence-corrected chi connectivity index (χ4v) is 3.01. The zero-order valence-corrected chi connectivity index (χ0v) is 9.37. The lowest BCUT2D eigenvalue weighted by Gasteiger charge is -2.21. The molecule has 15 heavy (non-hydrogen) atoms. The third-order valence-electron chi connectivity index (χ3n) is 2.56. The van der Waals surface area contributed by atoms with E-state index in [-0.39, 0.29) is 0 Å². The second kappa shape index (κ2) is 5.32. The molecule has 0 unspecified atom stereocenters. The van der Waals surface area contributed by atoms with Crippen LogP contribution in [0.5, 0.6) is 0 Å². The zero-order valence-electron chi connectivity index (χ0n) is 8.56. The highest BCUT2D eigenvalue weighted by molar-refractivity contribution is 7.84. The van der Waals surface area contributed by atoms with E-state index in [4.69, 9.17) is 0 Å². The highest BCUT2D eigenvalue weighted by Crippen LogP contribution is 2.13. The molecule has 1 fully saturated rings. The molecular weight excluding hydrogens is 210 g/mol. The van der Waals surface area contributed by atoms with E-state index in [1.807, 2.05) is 0 Å². The van der Waals surface area contributed by atoms with Crippen LogP contribution in [0.4, 0.5) is 0 Å². The van der Waals surface area contributed by atoms with Crippen molar-refractivity contribution in [2.75, 3.05) is 18.8 Å². The summed E-state index contributed by atoms with van der Waals surface area (Å²) >= 11 is 0. The summed E-state index contributed by atoms with van der Waals surface area (Å²) in [7, 11) is -0.995. The molecule has 4 nitrogen and oxygen atoms in total. The van der Waals surface area contributed by atoms with Crippen molar-refractivity contribution >= 4 is 10.8 Å². The van der Waals surface area contributed by atoms with Crippen LogP contribution in [0.2, 0.25) is 0 Å². The van der Waals surface area contributed by atoms with Crippen molar-refractivity contribution < 1.29 is 4.21 Å². The van der Waals surface area contributed by atoms with E-state index in [1.165, 1.54) is 12.8 Å². The number of rotatable bonds is 3. The molecule has 1 N–H and O–H groups in total. The molecule has 5 heteroatoms. The van der Waals surface area contributed by atoms with Gasteiger partial charge in [0.05, 0.1) is 17.0 Å². The quantitative estimate of drug-likeness (QED) is 0.817. The van der Waals surface area contributed by atoms with E-state index < -0.39 is 10.8 Å². The molecule has 0 radical (unpaired) electrons. The monoisotopic (exact) mass is 225 g/mol. The molecule has 0 saturated carbocycles. The fourth-order valence-electron chi connectivity index (χ4n) is 1.77. The van der Waals surface area contributed by atoms with Crippen molar-refractivity contribution in [3.05, 3.63) is 18.6 Å². The summed E-state index contributed by atoms with van der Waals surface area (Å²) in [6.07, 6.45) is 7.13. The van der Waals surface area contributed by atoms with Crippen molar-refractivity contribution in [3.63, 3.8) is 0 Å². The minimum atomic E-state index is -0.995. The highest BCUT2D eigenvalue weighted by atomic mass is 32.2. The van der Waals surface area contributed by atoms with Crippen LogP contribution in [0, 0.1) is 5.92 Å². The molecule has 0 spiro atoms. The summed E-state index contributed by atoms with van der Waals surface area (Å²) in [5.74, 6) is 1.22. The number of piperidine rings is 1. The Kier molecular flexibility index (Phi) is 3.80. The van der Waals surface area contributed by atoms with Gasteiger partial charge < -0.3 is 5.32 Å². The predicted octanol–water partition coefficient (Wildman–Crippen LogP) is 0.584. The molecule has 0 aliphatic carbocycles. The number of hydrogen-bond donors (Lipinski definition) is 1. The second-order valence-electron chi connectivity index (χ2n) is 3.77. The van der Waals surface area contributed by atoms with Gasteiger partial charge in [-0.05, 0) is 31.8 Å². The Balaban J connectivity index is 1.91. The van der Waals surface area contributed by atoms with E-state index in [2.05, 4.69) is 15.3 Å². The van der Waals surface area contributed by atoms with Crippen LogP contribution in [0.15, 0.2) is 23.6 Å². The molecule has 0 bridgehead atoms. The standard InChI is InChI=1S/C10H15N3OS/c14-15(10-7-12-4-5-13-10)8-9-2-1-3-11-6-9/h4-5,7,9,11H,1-3,6,8H2/t9-,15-/m0/s1. The van der Waals surface area contributed by atoms with E-state index in [0.717, 1.165) is 13.1 Å². The molecule has 1 aliphatic heterocycles. The predicted molar refractivity (Wildman–Crippen MR) is 58.9 cm³/mol. The van der Waals surface area contributed by atoms with Gasteiger partial charge in [0.1, 0.15) is 5.03 Å². The molecular formula is C10H15N3OS. The Morgan fingerprint density at radius 2 is 2.47 bits per heavy atom. The summed E-state index contributed by atoms with van der Waals surface area (Å²) in [5.41, 5.74) is 0. The summed E-state index contributed by atoms with van der Waals surface area (Å²) in [4.78, 5) is 7.99. The minimum Gasteiger partial charge on any atom is -0.316 e. The first-order valence-electron chi connectivity index (χ1n) is 5.21. The third-order valence-corrected chi connectivity index (χ3v) is 4.01. The summed E-state index contributed by atoms with van der Waals surface area (Å²) in [6, 6.07) is 0. The first kappa shape index (κ1) is 10.7. The summed E-state index contributed by atoms with van der Waals surface area (Å²) in [5, 5.41) is 3.92. The van der Waals surface area contributed by atoms with Gasteiger partial charge >= 0.3 is 0 Å². The van der Waals surface area contributed by atoms with Gasteiger partial charge in [-0.25, -0.2) is 4.98 Å². The van der Waals surface area contributed by atoms with Crippen molar-refractivity contribution in [1.29, 1.82) is 0 Å². The number of nitrogens with zero attached hydrogens (tertiary/aromatic N) is 2. The molecule has 2 rings (SSSR count). The van der Waals surface area contributed by atoms with E-state index in [9.17, 15) is 4.21 Å². The van der Waals surface area contributed by atoms with Gasteiger partial charge in [0.25, 0.3) is 0 Å². The Morgan fingerprint density at radius 1 is 1.53 bits per heavy atom. The van der Waals surface area contributed by atoms with Crippen LogP contribution >= 0.6 is 0 Å². The maximum absolute atomic E-state index is 11.9. The number of aromatic nitrogens is 2. The Morgan fingerprint density at radius 3 is 3.13 bits per heavy atom. The van der Waals surface area contributed by atoms with Crippen molar-refractivity contribution in [2.24, 2.45) is 5.92 Å². The van der Waals surface area contributed by atoms with Gasteiger partial charge in [-0.3, -0.25) is 9.19 Å². The largest absolute Gasteiger partial charge is 0.316 e. The first-order valence-corrected chi connectivity index (χ1v) is 6.53. The smallest absolute Gasteiger partial charge is 0.145 e. The Hall–Kier alpha value is -0.810. The molecule has 1 saturated heterocycles. The molecule has 2 atom stereocenters. The van der Waals surface area contributed by atoms with Crippen molar-refractivity contribution in [1.82, 2.24) is 15.3 Å². The van der Waals surface area contributed by atoms with Gasteiger partial charge in [0.2, 0.25) is 0 Å². The average molecular weight is 225 g/mol. The lowest BCUT2D eigenvalue weighted by molar-refractivity contribution is 0.408. The van der Waals surface area contributed by atoms with Crippen LogP contribution in [0.1, 0.15) is 12.8 Å². The van der Waals surface area contributed by atoms with Crippen molar-refractivity contribution in [3.8, 4) is 0 Å². The van der Waals surface area contributed by atoms with Gasteiger partial charge in [0.15, 0.2) is 0 Å². The zero-order chi connectivity index (χ0) is 10.5. The average Bonchev–Trinajstić information content (AvgIpc) is 2.31. The lowest BCUT2D eigenvalue weighted by Crippen LogP contribution is -2.32. The van der Waals surface area contributed by atoms with Crippen LogP contribution < -0.4 is 5.32 Å². The first-order chi connectivity index (χ1) is 7.36. The van der Waals surface area contributed by atoms with Gasteiger partial charge in [-0.1, -0.05) is 0 Å². The van der Waals surface area contributed by atoms with Gasteiger partial charge in [-0.15, -0.1) is 0 Å². The van der Waals surface area contributed by atoms with E-state index in [1.54, 1.807) is 18.6 Å². The highest BCUT2D eigenvalue weighted by Gasteiger charge is 2.17. The molecule has 1 aromatic rings. The molecule has 1 aromatic heterocycles. The van der Waals surface area contributed by atoms with Gasteiger partial charge in [-0.2, -0.15) is 0 Å². The van der Waals surface area contributed by atoms with Crippen LogP contribution in [0.25, 0.3) is 0 Å². The summed E-state index contributed by atoms with van der Waals surface area (Å²) < 4.78 is 11.9. The van der Waals surface area contributed by atoms with Crippen LogP contribution in [0.3, 0.4) is 0 Å². The number of nitrogens with one attached hydrogen (secondary N) is 1. The molecule has 0 aromatic carbocycles. The SMILES string of the molecule is O=[S@@](C[C@H]1CCCNC1)c1cnccn1. The lowest BCUT2D eigenvalue weighted by atomic mass is 10.0. The normalized spacial score (nSPS) is 23.6. The van der Waals surface area contributed by atoms with Gasteiger partial charge in [0, 0.05) is 18.1 Å². The maximum atomic E-state index is 11.9. The van der Waals surface area contributed by atoms with Crippen LogP contribution in [-0.2, 0) is 10.8 Å². The molecule has 2 heterocycles. The molecule has 1 aliphatic rings. The Bertz CT molecular complexity index is 325. The molecule has 82 valence electrons.